The number of hydrogen-bond acceptors (Lipinski definition) is 4. The van der Waals surface area contributed by atoms with Crippen LogP contribution < -0.4 is 5.73 Å². The molecule has 0 atom stereocenters. The summed E-state index contributed by atoms with van der Waals surface area (Å²) in [7, 11) is -3.92. The molecule has 0 fully saturated rings. The van der Waals surface area contributed by atoms with E-state index in [0.717, 1.165) is 0 Å². The van der Waals surface area contributed by atoms with Gasteiger partial charge in [0.1, 0.15) is 0 Å². The van der Waals surface area contributed by atoms with Gasteiger partial charge in [0.25, 0.3) is 10.1 Å². The molecule has 6 heteroatoms. The monoisotopic (exact) mass is 339 g/mol. The highest BCUT2D eigenvalue weighted by atomic mass is 32.2. The highest BCUT2D eigenvalue weighted by Gasteiger charge is 2.21. The third-order valence-electron chi connectivity index (χ3n) is 3.62. The maximum atomic E-state index is 9.63. The fraction of sp³-hybridized carbons (Fsp3) is 1.00. The first-order valence-corrected chi connectivity index (χ1v) is 10.2. The van der Waals surface area contributed by atoms with Crippen LogP contribution in [0.25, 0.3) is 0 Å². The van der Waals surface area contributed by atoms with E-state index in [9.17, 15) is 8.42 Å². The largest absolute Gasteiger partial charge is 0.395 e. The first-order valence-electron chi connectivity index (χ1n) is 8.59. The molecule has 0 aromatic heterocycles. The van der Waals surface area contributed by atoms with E-state index in [1.807, 2.05) is 0 Å². The van der Waals surface area contributed by atoms with Crippen LogP contribution in [0.1, 0.15) is 85.0 Å². The van der Waals surface area contributed by atoms with Gasteiger partial charge >= 0.3 is 0 Å². The minimum absolute atomic E-state index is 0.149. The number of aliphatic hydroxyl groups is 1. The zero-order valence-corrected chi connectivity index (χ0v) is 15.5. The van der Waals surface area contributed by atoms with Crippen molar-refractivity contribution in [2.45, 2.75) is 90.5 Å². The van der Waals surface area contributed by atoms with Gasteiger partial charge < -0.3 is 10.8 Å². The summed E-state index contributed by atoms with van der Waals surface area (Å²) >= 11 is 0. The van der Waals surface area contributed by atoms with Crippen LogP contribution >= 0.6 is 0 Å². The lowest BCUT2D eigenvalue weighted by atomic mass is 9.84. The van der Waals surface area contributed by atoms with Crippen LogP contribution in [0.2, 0.25) is 0 Å². The molecule has 136 valence electrons. The Kier molecular flexibility index (Phi) is 15.8. The van der Waals surface area contributed by atoms with Crippen molar-refractivity contribution in [3.05, 3.63) is 0 Å². The Balaban J connectivity index is 0. The van der Waals surface area contributed by atoms with Crippen LogP contribution in [-0.2, 0) is 10.1 Å². The summed E-state index contributed by atoms with van der Waals surface area (Å²) in [6.07, 6.45) is 12.9. The van der Waals surface area contributed by atoms with Crippen molar-refractivity contribution in [3.8, 4) is 0 Å². The van der Waals surface area contributed by atoms with Gasteiger partial charge in [0.15, 0.2) is 0 Å². The number of aliphatic hydroxyl groups excluding tert-OH is 1. The highest BCUT2D eigenvalue weighted by molar-refractivity contribution is 7.85. The van der Waals surface area contributed by atoms with E-state index in [4.69, 9.17) is 15.4 Å². The van der Waals surface area contributed by atoms with Gasteiger partial charge in [0.2, 0.25) is 0 Å². The van der Waals surface area contributed by atoms with Gasteiger partial charge in [-0.15, -0.1) is 0 Å². The molecule has 5 nitrogen and oxygen atoms in total. The topological polar surface area (TPSA) is 101 Å². The van der Waals surface area contributed by atoms with Gasteiger partial charge in [-0.3, -0.25) is 4.55 Å². The Hall–Kier alpha value is -0.170. The maximum absolute atomic E-state index is 9.63. The van der Waals surface area contributed by atoms with Crippen LogP contribution in [-0.4, -0.2) is 36.0 Å². The average molecular weight is 340 g/mol. The SMILES string of the molecule is CCCCCCCC(N)(CCC)CCC.O=S(=O)(O)CCO. The molecule has 0 aliphatic heterocycles. The molecule has 0 aliphatic carbocycles. The Morgan fingerprint density at radius 2 is 1.36 bits per heavy atom. The molecular weight excluding hydrogens is 302 g/mol. The van der Waals surface area contributed by atoms with E-state index in [-0.39, 0.29) is 5.54 Å². The summed E-state index contributed by atoms with van der Waals surface area (Å²) in [5, 5.41) is 7.86. The van der Waals surface area contributed by atoms with E-state index in [2.05, 4.69) is 20.8 Å². The molecule has 0 spiro atoms. The van der Waals surface area contributed by atoms with Crippen molar-refractivity contribution < 1.29 is 18.1 Å². The Bertz CT molecular complexity index is 325. The van der Waals surface area contributed by atoms with Crippen molar-refractivity contribution in [1.29, 1.82) is 0 Å². The number of hydrogen-bond donors (Lipinski definition) is 3. The summed E-state index contributed by atoms with van der Waals surface area (Å²) in [6.45, 7) is 6.23. The van der Waals surface area contributed by atoms with Crippen LogP contribution in [0, 0.1) is 0 Å². The zero-order chi connectivity index (χ0) is 17.5. The van der Waals surface area contributed by atoms with Crippen molar-refractivity contribution in [2.24, 2.45) is 5.73 Å². The quantitative estimate of drug-likeness (QED) is 0.373. The van der Waals surface area contributed by atoms with Crippen LogP contribution in [0.5, 0.6) is 0 Å². The fourth-order valence-corrected chi connectivity index (χ4v) is 2.80. The standard InChI is InChI=1S/C14H31N.C2H6O4S/c1-4-7-8-9-10-13-14(15,11-5-2)12-6-3;3-1-2-7(4,5)6/h4-13,15H2,1-3H3;3H,1-2H2,(H,4,5,6). The van der Waals surface area contributed by atoms with Crippen molar-refractivity contribution in [3.63, 3.8) is 0 Å². The summed E-state index contributed by atoms with van der Waals surface area (Å²) in [6, 6.07) is 0. The Morgan fingerprint density at radius 1 is 0.864 bits per heavy atom. The second-order valence-corrected chi connectivity index (χ2v) is 7.61. The van der Waals surface area contributed by atoms with E-state index < -0.39 is 22.5 Å². The van der Waals surface area contributed by atoms with E-state index in [1.165, 1.54) is 64.2 Å². The lowest BCUT2D eigenvalue weighted by molar-refractivity contribution is 0.315. The number of unbranched alkanes of at least 4 members (excludes halogenated alkanes) is 4. The molecular formula is C16H37NO4S. The van der Waals surface area contributed by atoms with Gasteiger partial charge in [-0.05, 0) is 19.3 Å². The molecule has 0 amide bonds. The lowest BCUT2D eigenvalue weighted by Gasteiger charge is -2.29. The first-order chi connectivity index (χ1) is 10.2. The minimum Gasteiger partial charge on any atom is -0.395 e. The van der Waals surface area contributed by atoms with Crippen molar-refractivity contribution >= 4 is 10.1 Å². The molecule has 0 aromatic rings. The lowest BCUT2D eigenvalue weighted by Crippen LogP contribution is -2.39. The molecule has 0 unspecified atom stereocenters. The molecule has 0 aromatic carbocycles. The van der Waals surface area contributed by atoms with Crippen LogP contribution in [0.4, 0.5) is 0 Å². The van der Waals surface area contributed by atoms with Crippen LogP contribution in [0.3, 0.4) is 0 Å². The first kappa shape index (κ1) is 24.1. The second-order valence-electron chi connectivity index (χ2n) is 6.04. The Labute approximate surface area is 137 Å². The molecule has 0 radical (unpaired) electrons. The van der Waals surface area contributed by atoms with E-state index in [0.29, 0.717) is 0 Å². The molecule has 0 rings (SSSR count). The predicted octanol–water partition coefficient (Wildman–Crippen LogP) is 3.51. The normalized spacial score (nSPS) is 11.9. The van der Waals surface area contributed by atoms with Gasteiger partial charge in [-0.2, -0.15) is 8.42 Å². The Morgan fingerprint density at radius 3 is 1.68 bits per heavy atom. The molecule has 0 heterocycles. The molecule has 0 aliphatic rings. The third kappa shape index (κ3) is 17.9. The summed E-state index contributed by atoms with van der Waals surface area (Å²) in [5.74, 6) is -0.576. The van der Waals surface area contributed by atoms with Crippen molar-refractivity contribution in [2.75, 3.05) is 12.4 Å². The van der Waals surface area contributed by atoms with Gasteiger partial charge in [0.05, 0.1) is 12.4 Å². The predicted molar refractivity (Wildman–Crippen MR) is 93.6 cm³/mol. The molecule has 0 saturated carbocycles. The van der Waals surface area contributed by atoms with Gasteiger partial charge in [-0.1, -0.05) is 65.7 Å². The molecule has 0 bridgehead atoms. The third-order valence-corrected chi connectivity index (χ3v) is 4.32. The summed E-state index contributed by atoms with van der Waals surface area (Å²) in [5.41, 5.74) is 6.58. The fourth-order valence-electron chi connectivity index (χ4n) is 2.57. The van der Waals surface area contributed by atoms with Crippen molar-refractivity contribution in [1.82, 2.24) is 0 Å². The van der Waals surface area contributed by atoms with E-state index >= 15 is 0 Å². The number of rotatable bonds is 12. The zero-order valence-electron chi connectivity index (χ0n) is 14.7. The average Bonchev–Trinajstić information content (AvgIpc) is 2.38. The minimum atomic E-state index is -3.92. The highest BCUT2D eigenvalue weighted by Crippen LogP contribution is 2.23. The molecule has 4 N–H and O–H groups in total. The summed E-state index contributed by atoms with van der Waals surface area (Å²) < 4.78 is 27.1. The van der Waals surface area contributed by atoms with Gasteiger partial charge in [0, 0.05) is 5.54 Å². The molecule has 0 saturated heterocycles. The summed E-state index contributed by atoms with van der Waals surface area (Å²) in [4.78, 5) is 0. The molecule has 22 heavy (non-hydrogen) atoms. The van der Waals surface area contributed by atoms with Gasteiger partial charge in [-0.25, -0.2) is 0 Å². The smallest absolute Gasteiger partial charge is 0.267 e. The second kappa shape index (κ2) is 14.4. The number of nitrogens with two attached hydrogens (primary N) is 1. The maximum Gasteiger partial charge on any atom is 0.267 e. The van der Waals surface area contributed by atoms with Crippen LogP contribution in [0.15, 0.2) is 0 Å². The van der Waals surface area contributed by atoms with E-state index in [1.54, 1.807) is 0 Å².